The largest absolute Gasteiger partial charge is 0.303 e. The topological polar surface area (TPSA) is 39.9 Å². The van der Waals surface area contributed by atoms with Gasteiger partial charge in [-0.2, -0.15) is 5.26 Å². The van der Waals surface area contributed by atoms with Gasteiger partial charge in [0.1, 0.15) is 11.1 Å². The molecule has 1 aliphatic heterocycles. The number of nitriles is 1. The Balaban J connectivity index is 1.90. The zero-order valence-corrected chi connectivity index (χ0v) is 11.8. The molecule has 3 nitrogen and oxygen atoms in total. The number of rotatable bonds is 4. The fourth-order valence-electron chi connectivity index (χ4n) is 2.36. The molecule has 0 spiro atoms. The van der Waals surface area contributed by atoms with Crippen LogP contribution in [0.3, 0.4) is 0 Å². The van der Waals surface area contributed by atoms with E-state index < -0.39 is 0 Å². The predicted molar refractivity (Wildman–Crippen MR) is 74.7 cm³/mol. The zero-order chi connectivity index (χ0) is 13.0. The lowest BCUT2D eigenvalue weighted by molar-refractivity contribution is 0.305. The van der Waals surface area contributed by atoms with Crippen LogP contribution in [0.25, 0.3) is 0 Å². The molecule has 4 heteroatoms. The number of aryl methyl sites for hydroxylation is 1. The quantitative estimate of drug-likeness (QED) is 0.781. The fourth-order valence-corrected chi connectivity index (χ4v) is 3.42. The van der Waals surface area contributed by atoms with Gasteiger partial charge < -0.3 is 4.90 Å². The maximum Gasteiger partial charge on any atom is 0.114 e. The smallest absolute Gasteiger partial charge is 0.114 e. The summed E-state index contributed by atoms with van der Waals surface area (Å²) < 4.78 is 0. The van der Waals surface area contributed by atoms with Crippen LogP contribution in [0.1, 0.15) is 30.5 Å². The lowest BCUT2D eigenvalue weighted by Gasteiger charge is -2.18. The van der Waals surface area contributed by atoms with Gasteiger partial charge in [-0.25, -0.2) is 4.98 Å². The maximum atomic E-state index is 9.05. The Kier molecular flexibility index (Phi) is 4.62. The summed E-state index contributed by atoms with van der Waals surface area (Å²) in [5.74, 6) is 1.04. The Hall–Kier alpha value is -1.05. The summed E-state index contributed by atoms with van der Waals surface area (Å²) in [6.07, 6.45) is 3.81. The van der Waals surface area contributed by atoms with Crippen LogP contribution in [-0.4, -0.2) is 35.3 Å². The first-order valence-corrected chi connectivity index (χ1v) is 7.40. The van der Waals surface area contributed by atoms with Crippen LogP contribution in [0.2, 0.25) is 0 Å². The predicted octanol–water partition coefficient (Wildman–Crippen LogP) is 2.84. The SMILES string of the molecule is Cc1ccc(C#N)c(SCC[C@@H]2CCCN2C)n1. The summed E-state index contributed by atoms with van der Waals surface area (Å²) >= 11 is 1.71. The molecule has 0 bridgehead atoms. The van der Waals surface area contributed by atoms with Crippen LogP contribution in [-0.2, 0) is 0 Å². The van der Waals surface area contributed by atoms with Gasteiger partial charge in [-0.1, -0.05) is 0 Å². The van der Waals surface area contributed by atoms with Gasteiger partial charge in [-0.3, -0.25) is 0 Å². The van der Waals surface area contributed by atoms with Crippen molar-refractivity contribution < 1.29 is 0 Å². The van der Waals surface area contributed by atoms with Crippen LogP contribution in [0.4, 0.5) is 0 Å². The number of thioether (sulfide) groups is 1. The van der Waals surface area contributed by atoms with Crippen molar-refractivity contribution in [2.24, 2.45) is 0 Å². The van der Waals surface area contributed by atoms with Crippen molar-refractivity contribution in [3.63, 3.8) is 0 Å². The summed E-state index contributed by atoms with van der Waals surface area (Å²) in [5, 5.41) is 9.94. The number of pyridine rings is 1. The molecule has 2 rings (SSSR count). The van der Waals surface area contributed by atoms with Crippen molar-refractivity contribution in [2.45, 2.75) is 37.3 Å². The number of nitrogens with zero attached hydrogens (tertiary/aromatic N) is 3. The van der Waals surface area contributed by atoms with E-state index >= 15 is 0 Å². The molecule has 1 fully saturated rings. The first-order valence-electron chi connectivity index (χ1n) is 6.41. The van der Waals surface area contributed by atoms with E-state index in [9.17, 15) is 0 Å². The van der Waals surface area contributed by atoms with Crippen molar-refractivity contribution in [3.05, 3.63) is 23.4 Å². The molecule has 1 saturated heterocycles. The molecule has 18 heavy (non-hydrogen) atoms. The third-order valence-electron chi connectivity index (χ3n) is 3.48. The maximum absolute atomic E-state index is 9.05. The second-order valence-electron chi connectivity index (χ2n) is 4.83. The monoisotopic (exact) mass is 261 g/mol. The zero-order valence-electron chi connectivity index (χ0n) is 11.0. The molecule has 0 aromatic carbocycles. The molecule has 0 N–H and O–H groups in total. The minimum Gasteiger partial charge on any atom is -0.303 e. The van der Waals surface area contributed by atoms with Crippen molar-refractivity contribution >= 4 is 11.8 Å². The Labute approximate surface area is 113 Å². The van der Waals surface area contributed by atoms with Gasteiger partial charge in [-0.15, -0.1) is 11.8 Å². The van der Waals surface area contributed by atoms with Gasteiger partial charge in [0.2, 0.25) is 0 Å². The van der Waals surface area contributed by atoms with Crippen molar-refractivity contribution in [1.29, 1.82) is 5.26 Å². The van der Waals surface area contributed by atoms with Gasteiger partial charge in [0.25, 0.3) is 0 Å². The average molecular weight is 261 g/mol. The van der Waals surface area contributed by atoms with Crippen LogP contribution in [0.15, 0.2) is 17.2 Å². The van der Waals surface area contributed by atoms with Crippen LogP contribution >= 0.6 is 11.8 Å². The summed E-state index contributed by atoms with van der Waals surface area (Å²) in [6.45, 7) is 3.19. The normalized spacial score (nSPS) is 19.9. The van der Waals surface area contributed by atoms with E-state index in [-0.39, 0.29) is 0 Å². The van der Waals surface area contributed by atoms with Gasteiger partial charge in [-0.05, 0) is 51.9 Å². The number of hydrogen-bond donors (Lipinski definition) is 0. The summed E-state index contributed by atoms with van der Waals surface area (Å²) in [6, 6.07) is 6.70. The van der Waals surface area contributed by atoms with Gasteiger partial charge in [0.15, 0.2) is 0 Å². The first kappa shape index (κ1) is 13.4. The molecule has 0 amide bonds. The Morgan fingerprint density at radius 3 is 3.06 bits per heavy atom. The Morgan fingerprint density at radius 2 is 2.39 bits per heavy atom. The molecular weight excluding hydrogens is 242 g/mol. The number of hydrogen-bond acceptors (Lipinski definition) is 4. The minimum atomic E-state index is 0.699. The highest BCUT2D eigenvalue weighted by atomic mass is 32.2. The highest BCUT2D eigenvalue weighted by molar-refractivity contribution is 7.99. The Morgan fingerprint density at radius 1 is 1.56 bits per heavy atom. The second-order valence-corrected chi connectivity index (χ2v) is 5.91. The van der Waals surface area contributed by atoms with Crippen LogP contribution in [0, 0.1) is 18.3 Å². The van der Waals surface area contributed by atoms with Crippen LogP contribution < -0.4 is 0 Å². The lowest BCUT2D eigenvalue weighted by Crippen LogP contribution is -2.25. The van der Waals surface area contributed by atoms with E-state index in [1.54, 1.807) is 11.8 Å². The molecule has 1 aromatic heterocycles. The highest BCUT2D eigenvalue weighted by Gasteiger charge is 2.20. The van der Waals surface area contributed by atoms with Crippen molar-refractivity contribution in [2.75, 3.05) is 19.3 Å². The second kappa shape index (κ2) is 6.21. The van der Waals surface area contributed by atoms with E-state index in [4.69, 9.17) is 5.26 Å². The van der Waals surface area contributed by atoms with Crippen LogP contribution in [0.5, 0.6) is 0 Å². The fraction of sp³-hybridized carbons (Fsp3) is 0.571. The third kappa shape index (κ3) is 3.24. The molecule has 96 valence electrons. The molecule has 0 saturated carbocycles. The highest BCUT2D eigenvalue weighted by Crippen LogP contribution is 2.25. The molecule has 0 aliphatic carbocycles. The van der Waals surface area contributed by atoms with E-state index in [0.29, 0.717) is 11.6 Å². The minimum absolute atomic E-state index is 0.699. The molecule has 1 aromatic rings. The van der Waals surface area contributed by atoms with Gasteiger partial charge >= 0.3 is 0 Å². The lowest BCUT2D eigenvalue weighted by atomic mass is 10.2. The first-order chi connectivity index (χ1) is 8.70. The molecule has 0 unspecified atom stereocenters. The third-order valence-corrected chi connectivity index (χ3v) is 4.51. The summed E-state index contributed by atoms with van der Waals surface area (Å²) in [5.41, 5.74) is 1.68. The molecule has 2 heterocycles. The van der Waals surface area contributed by atoms with E-state index in [1.807, 2.05) is 19.1 Å². The van der Waals surface area contributed by atoms with E-state index in [1.165, 1.54) is 25.8 Å². The summed E-state index contributed by atoms with van der Waals surface area (Å²) in [4.78, 5) is 6.89. The molecule has 1 aliphatic rings. The number of likely N-dealkylation sites (tertiary alicyclic amines) is 1. The average Bonchev–Trinajstić information content (AvgIpc) is 2.76. The molecular formula is C14H19N3S. The van der Waals surface area contributed by atoms with Gasteiger partial charge in [0, 0.05) is 17.5 Å². The molecule has 0 radical (unpaired) electrons. The standard InChI is InChI=1S/C14H19N3S/c1-11-5-6-12(10-15)14(16-11)18-9-7-13-4-3-8-17(13)2/h5-6,13H,3-4,7-9H2,1-2H3/t13-/m0/s1. The van der Waals surface area contributed by atoms with Gasteiger partial charge in [0.05, 0.1) is 5.56 Å². The number of aromatic nitrogens is 1. The summed E-state index contributed by atoms with van der Waals surface area (Å²) in [7, 11) is 2.20. The molecule has 1 atom stereocenters. The Bertz CT molecular complexity index is 453. The van der Waals surface area contributed by atoms with Crippen molar-refractivity contribution in [3.8, 4) is 6.07 Å². The van der Waals surface area contributed by atoms with E-state index in [2.05, 4.69) is 23.0 Å². The van der Waals surface area contributed by atoms with Crippen molar-refractivity contribution in [1.82, 2.24) is 9.88 Å². The van der Waals surface area contributed by atoms with E-state index in [0.717, 1.165) is 16.5 Å².